The Bertz CT molecular complexity index is 352. The maximum absolute atomic E-state index is 5.57. The summed E-state index contributed by atoms with van der Waals surface area (Å²) in [5.74, 6) is 2.28. The first-order chi connectivity index (χ1) is 7.88. The van der Waals surface area contributed by atoms with Gasteiger partial charge in [0.2, 0.25) is 0 Å². The minimum Gasteiger partial charge on any atom is -0.495 e. The summed E-state index contributed by atoms with van der Waals surface area (Å²) in [7, 11) is 1.74. The highest BCUT2D eigenvalue weighted by atomic mass is 16.5. The van der Waals surface area contributed by atoms with Crippen molar-refractivity contribution in [1.29, 1.82) is 0 Å². The van der Waals surface area contributed by atoms with Crippen molar-refractivity contribution in [3.8, 4) is 5.75 Å². The van der Waals surface area contributed by atoms with Gasteiger partial charge in [-0.2, -0.15) is 0 Å². The van der Waals surface area contributed by atoms with Gasteiger partial charge in [0.1, 0.15) is 5.75 Å². The number of rotatable bonds is 4. The van der Waals surface area contributed by atoms with Crippen molar-refractivity contribution in [2.75, 3.05) is 7.11 Å². The van der Waals surface area contributed by atoms with E-state index in [0.29, 0.717) is 17.8 Å². The number of hydrogen-bond donors (Lipinski definition) is 0. The van der Waals surface area contributed by atoms with Gasteiger partial charge in [-0.3, -0.25) is 4.98 Å². The normalized spacial score (nSPS) is 11.6. The third kappa shape index (κ3) is 2.99. The van der Waals surface area contributed by atoms with Crippen LogP contribution in [0.2, 0.25) is 0 Å². The number of nitrogens with zero attached hydrogens (tertiary/aromatic N) is 1. The van der Waals surface area contributed by atoms with Crippen LogP contribution < -0.4 is 4.74 Å². The minimum absolute atomic E-state index is 0.390. The van der Waals surface area contributed by atoms with E-state index in [1.165, 1.54) is 11.3 Å². The van der Waals surface area contributed by atoms with Crippen molar-refractivity contribution in [2.45, 2.75) is 59.3 Å². The number of hydrogen-bond acceptors (Lipinski definition) is 2. The zero-order chi connectivity index (χ0) is 13.2. The standard InChI is InChI=1S/C15H25NO/c1-9(2)12-8-13(10(3)4)16-14(11(5)6)15(12)17-7/h8-11H,1-7H3. The molecule has 0 aliphatic rings. The molecule has 0 aliphatic carbocycles. The number of ether oxygens (including phenoxy) is 1. The fourth-order valence-electron chi connectivity index (χ4n) is 1.93. The Labute approximate surface area is 105 Å². The smallest absolute Gasteiger partial charge is 0.144 e. The molecule has 0 bridgehead atoms. The topological polar surface area (TPSA) is 22.1 Å². The largest absolute Gasteiger partial charge is 0.495 e. The molecule has 0 saturated carbocycles. The zero-order valence-corrected chi connectivity index (χ0v) is 12.2. The average Bonchev–Trinajstić information content (AvgIpc) is 2.26. The van der Waals surface area contributed by atoms with Gasteiger partial charge in [-0.1, -0.05) is 41.5 Å². The lowest BCUT2D eigenvalue weighted by Gasteiger charge is -2.20. The lowest BCUT2D eigenvalue weighted by atomic mass is 9.95. The first kappa shape index (κ1) is 14.0. The molecule has 2 nitrogen and oxygen atoms in total. The zero-order valence-electron chi connectivity index (χ0n) is 12.2. The van der Waals surface area contributed by atoms with E-state index in [9.17, 15) is 0 Å². The minimum atomic E-state index is 0.390. The van der Waals surface area contributed by atoms with Crippen LogP contribution in [0.1, 0.15) is 76.2 Å². The molecule has 96 valence electrons. The Balaban J connectivity index is 3.46. The van der Waals surface area contributed by atoms with E-state index in [0.717, 1.165) is 11.4 Å². The van der Waals surface area contributed by atoms with Crippen molar-refractivity contribution in [3.63, 3.8) is 0 Å². The Kier molecular flexibility index (Phi) is 4.55. The average molecular weight is 235 g/mol. The van der Waals surface area contributed by atoms with Crippen molar-refractivity contribution < 1.29 is 4.74 Å². The van der Waals surface area contributed by atoms with E-state index >= 15 is 0 Å². The molecule has 17 heavy (non-hydrogen) atoms. The predicted molar refractivity (Wildman–Crippen MR) is 73.1 cm³/mol. The summed E-state index contributed by atoms with van der Waals surface area (Å²) < 4.78 is 5.57. The SMILES string of the molecule is COc1c(C(C)C)cc(C(C)C)nc1C(C)C. The highest BCUT2D eigenvalue weighted by molar-refractivity contribution is 5.43. The molecule has 0 aliphatic heterocycles. The van der Waals surface area contributed by atoms with Crippen LogP contribution in [0.25, 0.3) is 0 Å². The van der Waals surface area contributed by atoms with E-state index in [2.05, 4.69) is 47.6 Å². The van der Waals surface area contributed by atoms with Gasteiger partial charge in [0, 0.05) is 11.3 Å². The van der Waals surface area contributed by atoms with Crippen LogP contribution in [0, 0.1) is 0 Å². The summed E-state index contributed by atoms with van der Waals surface area (Å²) >= 11 is 0. The molecule has 0 aromatic carbocycles. The summed E-state index contributed by atoms with van der Waals surface area (Å²) in [4.78, 5) is 4.76. The highest BCUT2D eigenvalue weighted by Gasteiger charge is 2.18. The number of pyridine rings is 1. The Hall–Kier alpha value is -1.05. The van der Waals surface area contributed by atoms with Gasteiger partial charge in [0.05, 0.1) is 12.8 Å². The molecule has 0 N–H and O–H groups in total. The lowest BCUT2D eigenvalue weighted by Crippen LogP contribution is -2.07. The van der Waals surface area contributed by atoms with E-state index in [1.807, 2.05) is 0 Å². The first-order valence-corrected chi connectivity index (χ1v) is 6.47. The van der Waals surface area contributed by atoms with Gasteiger partial charge in [0.15, 0.2) is 0 Å². The molecule has 1 rings (SSSR count). The maximum Gasteiger partial charge on any atom is 0.144 e. The van der Waals surface area contributed by atoms with Gasteiger partial charge >= 0.3 is 0 Å². The first-order valence-electron chi connectivity index (χ1n) is 6.47. The summed E-state index contributed by atoms with van der Waals surface area (Å²) in [6.45, 7) is 13.1. The molecule has 1 aromatic rings. The predicted octanol–water partition coefficient (Wildman–Crippen LogP) is 4.46. The summed E-state index contributed by atoms with van der Waals surface area (Å²) in [6.07, 6.45) is 0. The summed E-state index contributed by atoms with van der Waals surface area (Å²) in [5, 5.41) is 0. The lowest BCUT2D eigenvalue weighted by molar-refractivity contribution is 0.396. The summed E-state index contributed by atoms with van der Waals surface area (Å²) in [6, 6.07) is 2.19. The molecule has 1 heterocycles. The summed E-state index contributed by atoms with van der Waals surface area (Å²) in [5.41, 5.74) is 3.52. The van der Waals surface area contributed by atoms with Crippen molar-refractivity contribution in [3.05, 3.63) is 23.0 Å². The molecule has 0 amide bonds. The monoisotopic (exact) mass is 235 g/mol. The van der Waals surface area contributed by atoms with Gasteiger partial charge in [-0.15, -0.1) is 0 Å². The molecule has 0 saturated heterocycles. The fourth-order valence-corrected chi connectivity index (χ4v) is 1.93. The maximum atomic E-state index is 5.57. The van der Waals surface area contributed by atoms with Crippen LogP contribution in [0.15, 0.2) is 6.07 Å². The van der Waals surface area contributed by atoms with Gasteiger partial charge in [-0.05, 0) is 23.8 Å². The molecule has 0 radical (unpaired) electrons. The Morgan fingerprint density at radius 1 is 0.941 bits per heavy atom. The van der Waals surface area contributed by atoms with Crippen molar-refractivity contribution in [2.24, 2.45) is 0 Å². The van der Waals surface area contributed by atoms with Crippen LogP contribution in [-0.4, -0.2) is 12.1 Å². The molecule has 1 aromatic heterocycles. The Morgan fingerprint density at radius 3 is 1.88 bits per heavy atom. The molecular weight excluding hydrogens is 210 g/mol. The van der Waals surface area contributed by atoms with Crippen LogP contribution in [0.4, 0.5) is 0 Å². The van der Waals surface area contributed by atoms with Crippen LogP contribution in [-0.2, 0) is 0 Å². The van der Waals surface area contributed by atoms with E-state index in [-0.39, 0.29) is 0 Å². The third-order valence-electron chi connectivity index (χ3n) is 3.01. The third-order valence-corrected chi connectivity index (χ3v) is 3.01. The van der Waals surface area contributed by atoms with Crippen molar-refractivity contribution in [1.82, 2.24) is 4.98 Å². The van der Waals surface area contributed by atoms with Crippen LogP contribution in [0.3, 0.4) is 0 Å². The number of methoxy groups -OCH3 is 1. The van der Waals surface area contributed by atoms with E-state index in [1.54, 1.807) is 7.11 Å². The van der Waals surface area contributed by atoms with Gasteiger partial charge in [0.25, 0.3) is 0 Å². The second-order valence-electron chi connectivity index (χ2n) is 5.52. The quantitative estimate of drug-likeness (QED) is 0.768. The van der Waals surface area contributed by atoms with Gasteiger partial charge < -0.3 is 4.74 Å². The molecule has 0 unspecified atom stereocenters. The highest BCUT2D eigenvalue weighted by Crippen LogP contribution is 2.35. The van der Waals surface area contributed by atoms with Crippen molar-refractivity contribution >= 4 is 0 Å². The number of aromatic nitrogens is 1. The van der Waals surface area contributed by atoms with Crippen LogP contribution in [0.5, 0.6) is 5.75 Å². The second kappa shape index (κ2) is 5.52. The molecule has 0 fully saturated rings. The molecule has 0 spiro atoms. The Morgan fingerprint density at radius 2 is 1.53 bits per heavy atom. The van der Waals surface area contributed by atoms with Gasteiger partial charge in [-0.25, -0.2) is 0 Å². The van der Waals surface area contributed by atoms with E-state index in [4.69, 9.17) is 9.72 Å². The van der Waals surface area contributed by atoms with E-state index < -0.39 is 0 Å². The fraction of sp³-hybridized carbons (Fsp3) is 0.667. The molecule has 2 heteroatoms. The molecule has 0 atom stereocenters. The molecular formula is C15H25NO. The second-order valence-corrected chi connectivity index (χ2v) is 5.52. The van der Waals surface area contributed by atoms with Crippen LogP contribution >= 0.6 is 0 Å².